The molecule has 1 aromatic heterocycles. The van der Waals surface area contributed by atoms with Gasteiger partial charge >= 0.3 is 5.97 Å². The Labute approximate surface area is 103 Å². The molecular formula is C12H14N2O4. The molecule has 0 radical (unpaired) electrons. The standard InChI is InChI=1S/C12H14N2O4/c1-18-11(16)5-10(15)12(17)7-2-3-8-6-13-14-9(8)4-7/h2-4,6,10,12,15,17H,5H2,1H3,(H,13,14). The average molecular weight is 250 g/mol. The van der Waals surface area contributed by atoms with E-state index in [9.17, 15) is 15.0 Å². The molecule has 0 spiro atoms. The molecule has 6 nitrogen and oxygen atoms in total. The van der Waals surface area contributed by atoms with Crippen LogP contribution in [-0.4, -0.2) is 39.6 Å². The van der Waals surface area contributed by atoms with E-state index in [-0.39, 0.29) is 6.42 Å². The molecule has 0 bridgehead atoms. The number of rotatable bonds is 4. The van der Waals surface area contributed by atoms with Crippen molar-refractivity contribution in [2.24, 2.45) is 0 Å². The molecule has 1 aromatic carbocycles. The van der Waals surface area contributed by atoms with E-state index in [1.807, 2.05) is 0 Å². The largest absolute Gasteiger partial charge is 0.469 e. The molecule has 2 unspecified atom stereocenters. The van der Waals surface area contributed by atoms with Crippen LogP contribution in [0.25, 0.3) is 10.9 Å². The second-order valence-electron chi connectivity index (χ2n) is 4.01. The van der Waals surface area contributed by atoms with Gasteiger partial charge in [0, 0.05) is 5.39 Å². The summed E-state index contributed by atoms with van der Waals surface area (Å²) in [5.74, 6) is -0.566. The number of fused-ring (bicyclic) bond motifs is 1. The highest BCUT2D eigenvalue weighted by Gasteiger charge is 2.22. The third kappa shape index (κ3) is 2.49. The Morgan fingerprint density at radius 1 is 1.50 bits per heavy atom. The SMILES string of the molecule is COC(=O)CC(O)C(O)c1ccc2cn[nH]c2c1. The number of hydrogen-bond donors (Lipinski definition) is 3. The lowest BCUT2D eigenvalue weighted by Gasteiger charge is -2.17. The number of H-pyrrole nitrogens is 1. The first-order chi connectivity index (χ1) is 8.61. The summed E-state index contributed by atoms with van der Waals surface area (Å²) >= 11 is 0. The maximum atomic E-state index is 11.0. The molecule has 2 aromatic rings. The number of carbonyl (C=O) groups excluding carboxylic acids is 1. The van der Waals surface area contributed by atoms with E-state index in [4.69, 9.17) is 0 Å². The Kier molecular flexibility index (Phi) is 3.59. The van der Waals surface area contributed by atoms with Crippen LogP contribution in [0.1, 0.15) is 18.1 Å². The number of benzene rings is 1. The topological polar surface area (TPSA) is 95.4 Å². The number of aromatic amines is 1. The highest BCUT2D eigenvalue weighted by atomic mass is 16.5. The Bertz CT molecular complexity index is 552. The van der Waals surface area contributed by atoms with Gasteiger partial charge in [-0.05, 0) is 11.6 Å². The van der Waals surface area contributed by atoms with Gasteiger partial charge in [-0.3, -0.25) is 9.89 Å². The number of nitrogens with zero attached hydrogens (tertiary/aromatic N) is 1. The van der Waals surface area contributed by atoms with Crippen molar-refractivity contribution in [3.05, 3.63) is 30.0 Å². The number of hydrogen-bond acceptors (Lipinski definition) is 5. The quantitative estimate of drug-likeness (QED) is 0.687. The normalized spacial score (nSPS) is 14.4. The second kappa shape index (κ2) is 5.16. The van der Waals surface area contributed by atoms with Gasteiger partial charge in [0.05, 0.1) is 31.3 Å². The summed E-state index contributed by atoms with van der Waals surface area (Å²) in [6.07, 6.45) is -0.927. The third-order valence-electron chi connectivity index (χ3n) is 2.78. The first-order valence-corrected chi connectivity index (χ1v) is 5.48. The smallest absolute Gasteiger partial charge is 0.308 e. The molecule has 2 atom stereocenters. The van der Waals surface area contributed by atoms with Gasteiger partial charge in [-0.1, -0.05) is 12.1 Å². The fourth-order valence-corrected chi connectivity index (χ4v) is 1.73. The summed E-state index contributed by atoms with van der Waals surface area (Å²) in [7, 11) is 1.23. The van der Waals surface area contributed by atoms with Crippen LogP contribution >= 0.6 is 0 Å². The maximum Gasteiger partial charge on any atom is 0.308 e. The maximum absolute atomic E-state index is 11.0. The summed E-state index contributed by atoms with van der Waals surface area (Å²) in [6, 6.07) is 5.15. The zero-order valence-corrected chi connectivity index (χ0v) is 9.83. The van der Waals surface area contributed by atoms with Crippen molar-refractivity contribution in [2.75, 3.05) is 7.11 Å². The van der Waals surface area contributed by atoms with Crippen molar-refractivity contribution in [3.8, 4) is 0 Å². The minimum absolute atomic E-state index is 0.251. The van der Waals surface area contributed by atoms with Crippen LogP contribution in [0, 0.1) is 0 Å². The van der Waals surface area contributed by atoms with Crippen molar-refractivity contribution in [2.45, 2.75) is 18.6 Å². The van der Waals surface area contributed by atoms with E-state index in [1.54, 1.807) is 24.4 Å². The van der Waals surface area contributed by atoms with Crippen molar-refractivity contribution in [1.29, 1.82) is 0 Å². The second-order valence-corrected chi connectivity index (χ2v) is 4.01. The summed E-state index contributed by atoms with van der Waals surface area (Å²) in [6.45, 7) is 0. The number of esters is 1. The van der Waals surface area contributed by atoms with E-state index in [0.717, 1.165) is 10.9 Å². The van der Waals surface area contributed by atoms with Crippen LogP contribution in [0.4, 0.5) is 0 Å². The number of ether oxygens (including phenoxy) is 1. The van der Waals surface area contributed by atoms with E-state index in [2.05, 4.69) is 14.9 Å². The monoisotopic (exact) mass is 250 g/mol. The Morgan fingerprint density at radius 3 is 3.00 bits per heavy atom. The van der Waals surface area contributed by atoms with Gasteiger partial charge in [-0.15, -0.1) is 0 Å². The molecule has 2 rings (SSSR count). The molecule has 0 aliphatic rings. The molecule has 0 aliphatic carbocycles. The van der Waals surface area contributed by atoms with E-state index < -0.39 is 18.2 Å². The molecule has 3 N–H and O–H groups in total. The zero-order valence-electron chi connectivity index (χ0n) is 9.83. The van der Waals surface area contributed by atoms with Crippen LogP contribution in [0.3, 0.4) is 0 Å². The van der Waals surface area contributed by atoms with Gasteiger partial charge in [0.15, 0.2) is 0 Å². The Balaban J connectivity index is 2.16. The van der Waals surface area contributed by atoms with E-state index in [0.29, 0.717) is 5.56 Å². The molecule has 0 aliphatic heterocycles. The fraction of sp³-hybridized carbons (Fsp3) is 0.333. The predicted octanol–water partition coefficient (Wildman–Crippen LogP) is 0.520. The molecule has 18 heavy (non-hydrogen) atoms. The molecule has 96 valence electrons. The summed E-state index contributed by atoms with van der Waals surface area (Å²) in [5.41, 5.74) is 1.28. The summed E-state index contributed by atoms with van der Waals surface area (Å²) in [4.78, 5) is 11.0. The van der Waals surface area contributed by atoms with Crippen molar-refractivity contribution >= 4 is 16.9 Å². The van der Waals surface area contributed by atoms with Gasteiger partial charge in [0.2, 0.25) is 0 Å². The van der Waals surface area contributed by atoms with Gasteiger partial charge in [0.25, 0.3) is 0 Å². The van der Waals surface area contributed by atoms with Gasteiger partial charge in [-0.2, -0.15) is 5.10 Å². The molecule has 1 heterocycles. The molecular weight excluding hydrogens is 236 g/mol. The van der Waals surface area contributed by atoms with E-state index in [1.165, 1.54) is 7.11 Å². The first kappa shape index (κ1) is 12.5. The molecule has 6 heteroatoms. The first-order valence-electron chi connectivity index (χ1n) is 5.48. The average Bonchev–Trinajstić information content (AvgIpc) is 2.84. The minimum Gasteiger partial charge on any atom is -0.469 e. The molecule has 0 saturated carbocycles. The van der Waals surface area contributed by atoms with Crippen molar-refractivity contribution in [3.63, 3.8) is 0 Å². The fourth-order valence-electron chi connectivity index (χ4n) is 1.73. The Hall–Kier alpha value is -1.92. The Morgan fingerprint density at radius 2 is 2.28 bits per heavy atom. The molecule has 0 fully saturated rings. The number of methoxy groups -OCH3 is 1. The number of aromatic nitrogens is 2. The van der Waals surface area contributed by atoms with Crippen LogP contribution in [0.15, 0.2) is 24.4 Å². The zero-order chi connectivity index (χ0) is 13.1. The number of nitrogens with one attached hydrogen (secondary N) is 1. The third-order valence-corrected chi connectivity index (χ3v) is 2.78. The summed E-state index contributed by atoms with van der Waals surface area (Å²) < 4.78 is 4.44. The highest BCUT2D eigenvalue weighted by Crippen LogP contribution is 2.22. The molecule has 0 saturated heterocycles. The van der Waals surface area contributed by atoms with Crippen molar-refractivity contribution in [1.82, 2.24) is 10.2 Å². The highest BCUT2D eigenvalue weighted by molar-refractivity contribution is 5.78. The lowest BCUT2D eigenvalue weighted by Crippen LogP contribution is -2.22. The lowest BCUT2D eigenvalue weighted by atomic mass is 10.0. The number of aliphatic hydroxyl groups is 2. The number of carbonyl (C=O) groups is 1. The molecule has 0 amide bonds. The van der Waals surface area contributed by atoms with Crippen molar-refractivity contribution < 1.29 is 19.7 Å². The van der Waals surface area contributed by atoms with Gasteiger partial charge in [-0.25, -0.2) is 0 Å². The summed E-state index contributed by atoms with van der Waals surface area (Å²) in [5, 5.41) is 27.2. The van der Waals surface area contributed by atoms with E-state index >= 15 is 0 Å². The number of aliphatic hydroxyl groups excluding tert-OH is 2. The minimum atomic E-state index is -1.20. The van der Waals surface area contributed by atoms with Crippen LogP contribution in [-0.2, 0) is 9.53 Å². The van der Waals surface area contributed by atoms with Gasteiger partial charge in [0.1, 0.15) is 6.10 Å². The lowest BCUT2D eigenvalue weighted by molar-refractivity contribution is -0.144. The van der Waals surface area contributed by atoms with Crippen LogP contribution < -0.4 is 0 Å². The van der Waals surface area contributed by atoms with Gasteiger partial charge < -0.3 is 14.9 Å². The van der Waals surface area contributed by atoms with Crippen LogP contribution in [0.2, 0.25) is 0 Å². The predicted molar refractivity (Wildman–Crippen MR) is 63.7 cm³/mol. The van der Waals surface area contributed by atoms with Crippen LogP contribution in [0.5, 0.6) is 0 Å².